The van der Waals surface area contributed by atoms with Gasteiger partial charge in [0.1, 0.15) is 6.10 Å². The van der Waals surface area contributed by atoms with Crippen molar-refractivity contribution in [1.82, 2.24) is 10.2 Å². The van der Waals surface area contributed by atoms with E-state index in [1.165, 1.54) is 55.7 Å². The third-order valence-electron chi connectivity index (χ3n) is 6.53. The van der Waals surface area contributed by atoms with E-state index < -0.39 is 0 Å². The summed E-state index contributed by atoms with van der Waals surface area (Å²) in [5.74, 6) is -0.205. The second kappa shape index (κ2) is 8.45. The molecule has 2 aromatic rings. The van der Waals surface area contributed by atoms with Gasteiger partial charge in [0.15, 0.2) is 0 Å². The van der Waals surface area contributed by atoms with Gasteiger partial charge in [-0.2, -0.15) is 0 Å². The monoisotopic (exact) mass is 459 g/mol. The number of anilines is 1. The first-order valence-electron chi connectivity index (χ1n) is 10.9. The Kier molecular flexibility index (Phi) is 5.67. The SMILES string of the molecule is O=C(NCC1CN(c2ccc(C3(CN4CCCC4)CC3)cc2)C(=O)O1)c1ccc(Cl)s1. The van der Waals surface area contributed by atoms with Crippen molar-refractivity contribution in [3.8, 4) is 0 Å². The molecule has 6 nitrogen and oxygen atoms in total. The number of benzene rings is 1. The first-order valence-corrected chi connectivity index (χ1v) is 12.1. The van der Waals surface area contributed by atoms with Crippen LogP contribution in [0.25, 0.3) is 0 Å². The maximum Gasteiger partial charge on any atom is 0.414 e. The van der Waals surface area contributed by atoms with E-state index in [1.54, 1.807) is 17.0 Å². The van der Waals surface area contributed by atoms with Crippen molar-refractivity contribution in [2.24, 2.45) is 0 Å². The standard InChI is InChI=1S/C23H26ClN3O3S/c24-20-8-7-19(31-20)21(28)25-13-18-14-27(22(29)30-18)17-5-3-16(4-6-17)23(9-10-23)15-26-11-1-2-12-26/h3-8,18H,1-2,9-15H2,(H,25,28). The van der Waals surface area contributed by atoms with Gasteiger partial charge in [-0.05, 0) is 68.6 Å². The Bertz CT molecular complexity index is 967. The van der Waals surface area contributed by atoms with Crippen molar-refractivity contribution in [2.75, 3.05) is 37.6 Å². The number of carbonyl (C=O) groups excluding carboxylic acids is 2. The predicted octanol–water partition coefficient (Wildman–Crippen LogP) is 4.28. The summed E-state index contributed by atoms with van der Waals surface area (Å²) in [5.41, 5.74) is 2.50. The van der Waals surface area contributed by atoms with E-state index in [1.807, 2.05) is 12.1 Å². The highest BCUT2D eigenvalue weighted by atomic mass is 35.5. The molecule has 3 aliphatic rings. The summed E-state index contributed by atoms with van der Waals surface area (Å²) in [6, 6.07) is 11.8. The van der Waals surface area contributed by atoms with Gasteiger partial charge in [-0.25, -0.2) is 4.79 Å². The lowest BCUT2D eigenvalue weighted by molar-refractivity contribution is 0.0920. The lowest BCUT2D eigenvalue weighted by atomic mass is 9.95. The van der Waals surface area contributed by atoms with Crippen LogP contribution in [0.5, 0.6) is 0 Å². The molecule has 164 valence electrons. The molecule has 3 fully saturated rings. The number of thiophene rings is 1. The average Bonchev–Trinajstić information content (AvgIpc) is 3.11. The highest BCUT2D eigenvalue weighted by molar-refractivity contribution is 7.18. The lowest BCUT2D eigenvalue weighted by Crippen LogP contribution is -2.34. The molecule has 1 aliphatic carbocycles. The minimum Gasteiger partial charge on any atom is -0.442 e. The van der Waals surface area contributed by atoms with E-state index in [-0.39, 0.29) is 24.6 Å². The number of hydrogen-bond acceptors (Lipinski definition) is 5. The number of nitrogens with zero attached hydrogens (tertiary/aromatic N) is 2. The van der Waals surface area contributed by atoms with E-state index in [0.717, 1.165) is 12.2 Å². The van der Waals surface area contributed by atoms with Crippen LogP contribution in [-0.2, 0) is 10.2 Å². The molecule has 2 aliphatic heterocycles. The zero-order valence-corrected chi connectivity index (χ0v) is 18.9. The van der Waals surface area contributed by atoms with E-state index >= 15 is 0 Å². The van der Waals surface area contributed by atoms with Gasteiger partial charge in [0.05, 0.1) is 22.3 Å². The molecule has 2 amide bonds. The topological polar surface area (TPSA) is 61.9 Å². The first kappa shape index (κ1) is 20.8. The van der Waals surface area contributed by atoms with Crippen LogP contribution in [0.3, 0.4) is 0 Å². The van der Waals surface area contributed by atoms with Crippen molar-refractivity contribution in [2.45, 2.75) is 37.2 Å². The second-order valence-electron chi connectivity index (χ2n) is 8.74. The van der Waals surface area contributed by atoms with E-state index in [9.17, 15) is 9.59 Å². The minimum absolute atomic E-state index is 0.205. The molecular weight excluding hydrogens is 434 g/mol. The Morgan fingerprint density at radius 3 is 2.55 bits per heavy atom. The summed E-state index contributed by atoms with van der Waals surface area (Å²) in [6.45, 7) is 4.28. The summed E-state index contributed by atoms with van der Waals surface area (Å²) < 4.78 is 6.03. The van der Waals surface area contributed by atoms with Crippen LogP contribution in [-0.4, -0.2) is 55.7 Å². The number of nitrogens with one attached hydrogen (secondary N) is 1. The van der Waals surface area contributed by atoms with Gasteiger partial charge < -0.3 is 15.0 Å². The lowest BCUT2D eigenvalue weighted by Gasteiger charge is -2.24. The van der Waals surface area contributed by atoms with Crippen molar-refractivity contribution in [3.05, 3.63) is 51.2 Å². The predicted molar refractivity (Wildman–Crippen MR) is 122 cm³/mol. The molecule has 8 heteroatoms. The van der Waals surface area contributed by atoms with Gasteiger partial charge in [0.25, 0.3) is 5.91 Å². The third-order valence-corrected chi connectivity index (χ3v) is 7.76. The summed E-state index contributed by atoms with van der Waals surface area (Å²) in [4.78, 5) is 29.4. The molecule has 2 saturated heterocycles. The molecule has 1 aromatic carbocycles. The summed E-state index contributed by atoms with van der Waals surface area (Å²) in [7, 11) is 0. The van der Waals surface area contributed by atoms with Crippen LogP contribution >= 0.6 is 22.9 Å². The van der Waals surface area contributed by atoms with Crippen molar-refractivity contribution in [3.63, 3.8) is 0 Å². The quantitative estimate of drug-likeness (QED) is 0.671. The zero-order valence-electron chi connectivity index (χ0n) is 17.3. The van der Waals surface area contributed by atoms with E-state index in [2.05, 4.69) is 22.3 Å². The molecule has 31 heavy (non-hydrogen) atoms. The minimum atomic E-state index is -0.378. The number of ether oxygens (including phenoxy) is 1. The Morgan fingerprint density at radius 1 is 1.16 bits per heavy atom. The summed E-state index contributed by atoms with van der Waals surface area (Å²) >= 11 is 7.11. The van der Waals surface area contributed by atoms with Crippen molar-refractivity contribution < 1.29 is 14.3 Å². The molecular formula is C23H26ClN3O3S. The fourth-order valence-electron chi connectivity index (χ4n) is 4.62. The van der Waals surface area contributed by atoms with Gasteiger partial charge in [0, 0.05) is 17.6 Å². The van der Waals surface area contributed by atoms with Gasteiger partial charge in [-0.15, -0.1) is 11.3 Å². The molecule has 0 spiro atoms. The van der Waals surface area contributed by atoms with E-state index in [0.29, 0.717) is 21.2 Å². The number of rotatable bonds is 7. The van der Waals surface area contributed by atoms with Crippen LogP contribution in [0.15, 0.2) is 36.4 Å². The Morgan fingerprint density at radius 2 is 1.90 bits per heavy atom. The van der Waals surface area contributed by atoms with Crippen molar-refractivity contribution >= 4 is 40.6 Å². The molecule has 0 bridgehead atoms. The first-order chi connectivity index (χ1) is 15.0. The molecule has 3 heterocycles. The Labute approximate surface area is 191 Å². The normalized spacial score (nSPS) is 22.5. The molecule has 1 N–H and O–H groups in total. The van der Waals surface area contributed by atoms with Gasteiger partial charge >= 0.3 is 6.09 Å². The summed E-state index contributed by atoms with van der Waals surface area (Å²) in [5, 5.41) is 2.82. The maximum atomic E-state index is 12.4. The number of cyclic esters (lactones) is 1. The molecule has 1 aromatic heterocycles. The molecule has 1 unspecified atom stereocenters. The number of amides is 2. The molecule has 0 radical (unpaired) electrons. The van der Waals surface area contributed by atoms with Gasteiger partial charge in [0.2, 0.25) is 0 Å². The van der Waals surface area contributed by atoms with Crippen LogP contribution in [0.4, 0.5) is 10.5 Å². The highest BCUT2D eigenvalue weighted by Crippen LogP contribution is 2.49. The van der Waals surface area contributed by atoms with E-state index in [4.69, 9.17) is 16.3 Å². The third kappa shape index (κ3) is 4.45. The largest absolute Gasteiger partial charge is 0.442 e. The number of halogens is 1. The number of carbonyl (C=O) groups is 2. The highest BCUT2D eigenvalue weighted by Gasteiger charge is 2.45. The second-order valence-corrected chi connectivity index (χ2v) is 10.5. The van der Waals surface area contributed by atoms with Gasteiger partial charge in [-0.3, -0.25) is 9.69 Å². The van der Waals surface area contributed by atoms with Crippen molar-refractivity contribution in [1.29, 1.82) is 0 Å². The fraction of sp³-hybridized carbons (Fsp3) is 0.478. The smallest absolute Gasteiger partial charge is 0.414 e. The van der Waals surface area contributed by atoms with Crippen LogP contribution in [0.1, 0.15) is 40.9 Å². The number of hydrogen-bond donors (Lipinski definition) is 1. The zero-order chi connectivity index (χ0) is 21.4. The maximum absolute atomic E-state index is 12.4. The Balaban J connectivity index is 1.18. The van der Waals surface area contributed by atoms with Crippen LogP contribution < -0.4 is 10.2 Å². The van der Waals surface area contributed by atoms with Gasteiger partial charge in [-0.1, -0.05) is 23.7 Å². The summed E-state index contributed by atoms with van der Waals surface area (Å²) in [6.07, 6.45) is 4.36. The molecule has 1 saturated carbocycles. The fourth-order valence-corrected chi connectivity index (χ4v) is 5.58. The molecule has 1 atom stereocenters. The van der Waals surface area contributed by atoms with Crippen LogP contribution in [0, 0.1) is 0 Å². The van der Waals surface area contributed by atoms with Crippen LogP contribution in [0.2, 0.25) is 4.34 Å². The number of likely N-dealkylation sites (tertiary alicyclic amines) is 1. The Hall–Kier alpha value is -2.09. The molecule has 5 rings (SSSR count). The average molecular weight is 460 g/mol.